The second-order valence-electron chi connectivity index (χ2n) is 4.62. The van der Waals surface area contributed by atoms with E-state index in [9.17, 15) is 4.79 Å². The van der Waals surface area contributed by atoms with Crippen LogP contribution in [-0.2, 0) is 4.74 Å². The quantitative estimate of drug-likeness (QED) is 0.620. The van der Waals surface area contributed by atoms with E-state index in [-0.39, 0.29) is 0 Å². The Labute approximate surface area is 131 Å². The van der Waals surface area contributed by atoms with Gasteiger partial charge >= 0.3 is 6.09 Å². The van der Waals surface area contributed by atoms with Crippen LogP contribution in [-0.4, -0.2) is 32.0 Å². The first-order chi connectivity index (χ1) is 10.6. The van der Waals surface area contributed by atoms with E-state index < -0.39 is 6.09 Å². The van der Waals surface area contributed by atoms with Gasteiger partial charge in [-0.05, 0) is 44.0 Å². The van der Waals surface area contributed by atoms with Crippen molar-refractivity contribution in [2.75, 3.05) is 24.6 Å². The van der Waals surface area contributed by atoms with E-state index in [1.54, 1.807) is 13.1 Å². The SMILES string of the molecule is CCOC(=O)N/N=C\c1ccc(N(CC)CCC#N)cc1C. The third-order valence-electron chi connectivity index (χ3n) is 3.13. The predicted octanol–water partition coefficient (Wildman–Crippen LogP) is 2.82. The lowest BCUT2D eigenvalue weighted by molar-refractivity contribution is 0.152. The number of ether oxygens (including phenoxy) is 1. The normalized spacial score (nSPS) is 10.3. The first-order valence-electron chi connectivity index (χ1n) is 7.30. The zero-order chi connectivity index (χ0) is 16.4. The van der Waals surface area contributed by atoms with Gasteiger partial charge in [0.2, 0.25) is 0 Å². The lowest BCUT2D eigenvalue weighted by Crippen LogP contribution is -2.23. The number of amides is 1. The van der Waals surface area contributed by atoms with Crippen LogP contribution in [0.3, 0.4) is 0 Å². The van der Waals surface area contributed by atoms with Gasteiger partial charge in [-0.15, -0.1) is 0 Å². The molecule has 0 aromatic heterocycles. The zero-order valence-electron chi connectivity index (χ0n) is 13.3. The summed E-state index contributed by atoms with van der Waals surface area (Å²) in [6.45, 7) is 7.64. The number of hydrazone groups is 1. The summed E-state index contributed by atoms with van der Waals surface area (Å²) >= 11 is 0. The van der Waals surface area contributed by atoms with Crippen molar-refractivity contribution in [3.05, 3.63) is 29.3 Å². The van der Waals surface area contributed by atoms with E-state index in [2.05, 4.69) is 28.4 Å². The fourth-order valence-corrected chi connectivity index (χ4v) is 1.97. The van der Waals surface area contributed by atoms with Crippen molar-refractivity contribution in [3.8, 4) is 6.07 Å². The molecule has 0 aliphatic rings. The third-order valence-corrected chi connectivity index (χ3v) is 3.13. The standard InChI is InChI=1S/C16H22N4O2/c1-4-20(10-6-9-17)15-8-7-14(13(3)11-15)12-18-19-16(21)22-5-2/h7-8,11-12H,4-6,10H2,1-3H3,(H,19,21)/b18-12-. The number of nitrogens with one attached hydrogen (secondary N) is 1. The summed E-state index contributed by atoms with van der Waals surface area (Å²) in [5, 5.41) is 12.6. The van der Waals surface area contributed by atoms with Gasteiger partial charge in [-0.2, -0.15) is 10.4 Å². The second kappa shape index (κ2) is 9.40. The molecule has 0 bridgehead atoms. The highest BCUT2D eigenvalue weighted by Gasteiger charge is 2.06. The van der Waals surface area contributed by atoms with Crippen molar-refractivity contribution in [2.24, 2.45) is 5.10 Å². The van der Waals surface area contributed by atoms with Crippen LogP contribution in [0.5, 0.6) is 0 Å². The van der Waals surface area contributed by atoms with E-state index >= 15 is 0 Å². The molecular weight excluding hydrogens is 280 g/mol. The average Bonchev–Trinajstić information content (AvgIpc) is 2.50. The van der Waals surface area contributed by atoms with Crippen LogP contribution in [0.1, 0.15) is 31.4 Å². The number of benzene rings is 1. The maximum atomic E-state index is 11.1. The topological polar surface area (TPSA) is 77.7 Å². The summed E-state index contributed by atoms with van der Waals surface area (Å²) < 4.78 is 4.72. The number of nitriles is 1. The molecular formula is C16H22N4O2. The highest BCUT2D eigenvalue weighted by atomic mass is 16.5. The summed E-state index contributed by atoms with van der Waals surface area (Å²) in [5.74, 6) is 0. The van der Waals surface area contributed by atoms with Gasteiger partial charge in [0.1, 0.15) is 0 Å². The van der Waals surface area contributed by atoms with Crippen molar-refractivity contribution in [3.63, 3.8) is 0 Å². The van der Waals surface area contributed by atoms with Crippen LogP contribution in [0.2, 0.25) is 0 Å². The molecule has 0 unspecified atom stereocenters. The first-order valence-corrected chi connectivity index (χ1v) is 7.30. The van der Waals surface area contributed by atoms with Crippen molar-refractivity contribution >= 4 is 18.0 Å². The molecule has 1 N–H and O–H groups in total. The van der Waals surface area contributed by atoms with Crippen LogP contribution < -0.4 is 10.3 Å². The maximum absolute atomic E-state index is 11.1. The van der Waals surface area contributed by atoms with Crippen LogP contribution in [0.25, 0.3) is 0 Å². The maximum Gasteiger partial charge on any atom is 0.427 e. The van der Waals surface area contributed by atoms with Gasteiger partial charge in [-0.1, -0.05) is 6.07 Å². The van der Waals surface area contributed by atoms with Crippen LogP contribution in [0.15, 0.2) is 23.3 Å². The first kappa shape index (κ1) is 17.5. The summed E-state index contributed by atoms with van der Waals surface area (Å²) in [7, 11) is 0. The summed E-state index contributed by atoms with van der Waals surface area (Å²) in [6.07, 6.45) is 1.52. The van der Waals surface area contributed by atoms with Crippen molar-refractivity contribution in [2.45, 2.75) is 27.2 Å². The molecule has 0 atom stereocenters. The number of carbonyl (C=O) groups is 1. The van der Waals surface area contributed by atoms with Gasteiger partial charge in [0, 0.05) is 18.8 Å². The zero-order valence-corrected chi connectivity index (χ0v) is 13.3. The molecule has 1 aromatic rings. The Hall–Kier alpha value is -2.55. The monoisotopic (exact) mass is 302 g/mol. The van der Waals surface area contributed by atoms with Crippen LogP contribution in [0.4, 0.5) is 10.5 Å². The van der Waals surface area contributed by atoms with Crippen molar-refractivity contribution < 1.29 is 9.53 Å². The lowest BCUT2D eigenvalue weighted by atomic mass is 10.1. The number of hydrogen-bond donors (Lipinski definition) is 1. The predicted molar refractivity (Wildman–Crippen MR) is 87.0 cm³/mol. The van der Waals surface area contributed by atoms with Gasteiger partial charge in [-0.25, -0.2) is 10.2 Å². The largest absolute Gasteiger partial charge is 0.449 e. The smallest absolute Gasteiger partial charge is 0.427 e. The van der Waals surface area contributed by atoms with Crippen LogP contribution >= 0.6 is 0 Å². The minimum absolute atomic E-state index is 0.310. The molecule has 0 fully saturated rings. The van der Waals surface area contributed by atoms with Gasteiger partial charge in [0.05, 0.1) is 25.3 Å². The van der Waals surface area contributed by atoms with Gasteiger partial charge in [0.25, 0.3) is 0 Å². The fourth-order valence-electron chi connectivity index (χ4n) is 1.97. The van der Waals surface area contributed by atoms with E-state index in [1.165, 1.54) is 0 Å². The third kappa shape index (κ3) is 5.44. The summed E-state index contributed by atoms with van der Waals surface area (Å²) in [6, 6.07) is 8.14. The molecule has 0 spiro atoms. The molecule has 1 aromatic carbocycles. The number of anilines is 1. The van der Waals surface area contributed by atoms with E-state index in [1.807, 2.05) is 25.1 Å². The number of aryl methyl sites for hydroxylation is 1. The molecule has 118 valence electrons. The van der Waals surface area contributed by atoms with E-state index in [0.29, 0.717) is 19.6 Å². The Morgan fingerprint density at radius 3 is 2.86 bits per heavy atom. The number of hydrogen-bond acceptors (Lipinski definition) is 5. The minimum atomic E-state index is -0.568. The Bertz CT molecular complexity index is 564. The van der Waals surface area contributed by atoms with Crippen molar-refractivity contribution in [1.82, 2.24) is 5.43 Å². The Morgan fingerprint density at radius 2 is 2.27 bits per heavy atom. The molecule has 0 saturated carbocycles. The number of nitrogens with zero attached hydrogens (tertiary/aromatic N) is 3. The Morgan fingerprint density at radius 1 is 1.50 bits per heavy atom. The number of carbonyl (C=O) groups excluding carboxylic acids is 1. The van der Waals surface area contributed by atoms with Crippen LogP contribution in [0, 0.1) is 18.3 Å². The molecule has 6 nitrogen and oxygen atoms in total. The molecule has 22 heavy (non-hydrogen) atoms. The molecule has 1 rings (SSSR count). The molecule has 0 aliphatic carbocycles. The van der Waals surface area contributed by atoms with Gasteiger partial charge in [-0.3, -0.25) is 0 Å². The summed E-state index contributed by atoms with van der Waals surface area (Å²) in [5.41, 5.74) is 5.33. The Kier molecular flexibility index (Phi) is 7.48. The lowest BCUT2D eigenvalue weighted by Gasteiger charge is -2.22. The average molecular weight is 302 g/mol. The van der Waals surface area contributed by atoms with E-state index in [4.69, 9.17) is 10.00 Å². The summed E-state index contributed by atoms with van der Waals surface area (Å²) in [4.78, 5) is 13.3. The van der Waals surface area contributed by atoms with Gasteiger partial charge in [0.15, 0.2) is 0 Å². The molecule has 0 radical (unpaired) electrons. The second-order valence-corrected chi connectivity index (χ2v) is 4.62. The fraction of sp³-hybridized carbons (Fsp3) is 0.438. The molecule has 0 heterocycles. The number of rotatable bonds is 7. The van der Waals surface area contributed by atoms with Crippen molar-refractivity contribution in [1.29, 1.82) is 5.26 Å². The molecule has 0 aliphatic heterocycles. The van der Waals surface area contributed by atoms with E-state index in [0.717, 1.165) is 23.4 Å². The molecule has 1 amide bonds. The Balaban J connectivity index is 2.74. The minimum Gasteiger partial charge on any atom is -0.449 e. The highest BCUT2D eigenvalue weighted by molar-refractivity contribution is 5.83. The molecule has 0 saturated heterocycles. The van der Waals surface area contributed by atoms with Gasteiger partial charge < -0.3 is 9.64 Å². The highest BCUT2D eigenvalue weighted by Crippen LogP contribution is 2.18. The molecule has 6 heteroatoms.